The van der Waals surface area contributed by atoms with Crippen LogP contribution in [0.5, 0.6) is 0 Å². The lowest BCUT2D eigenvalue weighted by molar-refractivity contribution is 1.07. The van der Waals surface area contributed by atoms with Gasteiger partial charge in [-0.15, -0.1) is 0 Å². The molecule has 0 unspecified atom stereocenters. The fourth-order valence-electron chi connectivity index (χ4n) is 10.4. The summed E-state index contributed by atoms with van der Waals surface area (Å²) in [5, 5.41) is 36.1. The van der Waals surface area contributed by atoms with E-state index in [1.165, 1.54) is 0 Å². The number of fused-ring (bicyclic) bond motifs is 6. The Kier molecular flexibility index (Phi) is 10.4. The molecule has 13 rings (SSSR count). The number of pyridine rings is 1. The highest BCUT2D eigenvalue weighted by Gasteiger charge is 2.25. The Morgan fingerprint density at radius 3 is 1.31 bits per heavy atom. The van der Waals surface area contributed by atoms with Gasteiger partial charge in [0.25, 0.3) is 0 Å². The van der Waals surface area contributed by atoms with E-state index in [0.717, 1.165) is 82.7 Å². The highest BCUT2D eigenvalue weighted by atomic mass is 15.0. The summed E-state index contributed by atoms with van der Waals surface area (Å²) in [5.41, 5.74) is 13.6. The Bertz CT molecular complexity index is 4300. The third kappa shape index (κ3) is 7.23. The van der Waals surface area contributed by atoms with Gasteiger partial charge in [-0.1, -0.05) is 146 Å². The minimum atomic E-state index is 0.362. The van der Waals surface area contributed by atoms with Crippen molar-refractivity contribution in [1.82, 2.24) is 29.1 Å². The maximum Gasteiger partial charge on any atom is 0.164 e. The number of hydrogen-bond donors (Lipinski definition) is 0. The van der Waals surface area contributed by atoms with Crippen molar-refractivity contribution in [3.8, 4) is 97.3 Å². The highest BCUT2D eigenvalue weighted by molar-refractivity contribution is 6.13. The van der Waals surface area contributed by atoms with Crippen molar-refractivity contribution in [2.45, 2.75) is 0 Å². The minimum Gasteiger partial charge on any atom is -0.309 e. The maximum atomic E-state index is 11.6. The van der Waals surface area contributed by atoms with E-state index in [9.17, 15) is 15.8 Å². The summed E-state index contributed by atoms with van der Waals surface area (Å²) in [7, 11) is 0. The van der Waals surface area contributed by atoms with Crippen LogP contribution in [0.1, 0.15) is 16.7 Å². The molecule has 0 N–H and O–H groups in total. The predicted molar refractivity (Wildman–Crippen MR) is 293 cm³/mol. The van der Waals surface area contributed by atoms with Crippen molar-refractivity contribution in [2.75, 3.05) is 0 Å². The van der Waals surface area contributed by atoms with Gasteiger partial charge in [-0.05, 0) is 95.1 Å². The fraction of sp³-hybridized carbons (Fsp3) is 0. The normalized spacial score (nSPS) is 11.2. The zero-order chi connectivity index (χ0) is 49.7. The van der Waals surface area contributed by atoms with Gasteiger partial charge in [-0.3, -0.25) is 4.98 Å². The molecule has 0 spiro atoms. The molecule has 0 aliphatic heterocycles. The van der Waals surface area contributed by atoms with Gasteiger partial charge in [0.05, 0.1) is 62.3 Å². The van der Waals surface area contributed by atoms with Crippen LogP contribution in [-0.2, 0) is 0 Å². The first kappa shape index (κ1) is 43.2. The van der Waals surface area contributed by atoms with Crippen LogP contribution in [0.25, 0.3) is 123 Å². The topological polar surface area (TPSA) is 133 Å². The van der Waals surface area contributed by atoms with Crippen LogP contribution < -0.4 is 0 Å². The molecular formula is C65H37N9. The van der Waals surface area contributed by atoms with Gasteiger partial charge in [0.15, 0.2) is 17.5 Å². The second-order valence-electron chi connectivity index (χ2n) is 18.0. The van der Waals surface area contributed by atoms with Gasteiger partial charge in [0.2, 0.25) is 0 Å². The second-order valence-corrected chi connectivity index (χ2v) is 18.0. The van der Waals surface area contributed by atoms with E-state index in [-0.39, 0.29) is 0 Å². The largest absolute Gasteiger partial charge is 0.309 e. The average Bonchev–Trinajstić information content (AvgIpc) is 3.99. The number of para-hydroxylation sites is 2. The van der Waals surface area contributed by atoms with Crippen molar-refractivity contribution >= 4 is 43.6 Å². The first-order valence-electron chi connectivity index (χ1n) is 24.0. The smallest absolute Gasteiger partial charge is 0.164 e. The highest BCUT2D eigenvalue weighted by Crippen LogP contribution is 2.43. The third-order valence-electron chi connectivity index (χ3n) is 13.8. The quantitative estimate of drug-likeness (QED) is 0.148. The molecule has 4 heterocycles. The summed E-state index contributed by atoms with van der Waals surface area (Å²) in [6.07, 6.45) is 1.82. The van der Waals surface area contributed by atoms with Crippen LogP contribution in [-0.4, -0.2) is 29.1 Å². The molecule has 0 atom stereocenters. The fourth-order valence-corrected chi connectivity index (χ4v) is 10.4. The molecule has 9 aromatic carbocycles. The Morgan fingerprint density at radius 2 is 0.784 bits per heavy atom. The number of nitriles is 3. The number of hydrogen-bond acceptors (Lipinski definition) is 7. The van der Waals surface area contributed by atoms with Crippen LogP contribution in [0.15, 0.2) is 225 Å². The SMILES string of the molecule is N#Cc1ccccc1-c1ccc2c(c1)c1cc(-c3ccccc3C#N)ccc1n2-c1c(C#N)cc(-c2nc(-c3ccccc3)nc(-c3ccccc3)n2)cc1-c1cc(-n2c3ccccc3c3ccccc32)ccn1. The Balaban J connectivity index is 1.12. The molecule has 4 aromatic heterocycles. The molecular weight excluding hydrogens is 907 g/mol. The van der Waals surface area contributed by atoms with Crippen molar-refractivity contribution in [3.63, 3.8) is 0 Å². The molecule has 0 aliphatic carbocycles. The van der Waals surface area contributed by atoms with Crippen molar-refractivity contribution < 1.29 is 0 Å². The molecule has 9 nitrogen and oxygen atoms in total. The van der Waals surface area contributed by atoms with Crippen molar-refractivity contribution in [1.29, 1.82) is 15.8 Å². The number of rotatable bonds is 8. The van der Waals surface area contributed by atoms with E-state index in [0.29, 0.717) is 56.7 Å². The summed E-state index contributed by atoms with van der Waals surface area (Å²) in [6, 6.07) is 79.4. The van der Waals surface area contributed by atoms with Gasteiger partial charge < -0.3 is 9.13 Å². The molecule has 13 aromatic rings. The van der Waals surface area contributed by atoms with Crippen molar-refractivity contribution in [3.05, 3.63) is 241 Å². The molecule has 0 saturated carbocycles. The lowest BCUT2D eigenvalue weighted by Gasteiger charge is -2.18. The first-order chi connectivity index (χ1) is 36.6. The molecule has 0 aliphatic rings. The van der Waals surface area contributed by atoms with Gasteiger partial charge in [0, 0.05) is 55.7 Å². The lowest BCUT2D eigenvalue weighted by atomic mass is 9.96. The van der Waals surface area contributed by atoms with E-state index in [2.05, 4.69) is 106 Å². The van der Waals surface area contributed by atoms with Gasteiger partial charge in [-0.25, -0.2) is 15.0 Å². The number of aromatic nitrogens is 6. The standard InChI is InChI=1S/C65H37N9/c66-38-45-19-7-9-21-50(45)43-27-29-60-54(34-43)55-35-44(51-22-10-8-20-46(51)39-67)28-30-61(55)74(60)62-48(40-68)33-47(65-71-63(41-15-3-1-4-16-41)70-64(72-65)42-17-5-2-6-18-42)36-56(62)57-37-49(31-32-69-57)73-58-25-13-11-23-52(58)53-24-12-14-26-59(53)73/h1-37H. The Labute approximate surface area is 425 Å². The van der Waals surface area contributed by atoms with E-state index in [1.807, 2.05) is 146 Å². The Morgan fingerprint density at radius 1 is 0.324 bits per heavy atom. The van der Waals surface area contributed by atoms with Crippen LogP contribution in [0.3, 0.4) is 0 Å². The van der Waals surface area contributed by atoms with E-state index < -0.39 is 0 Å². The van der Waals surface area contributed by atoms with Crippen LogP contribution in [0.2, 0.25) is 0 Å². The summed E-state index contributed by atoms with van der Waals surface area (Å²) < 4.78 is 4.41. The van der Waals surface area contributed by atoms with Gasteiger partial charge in [0.1, 0.15) is 6.07 Å². The first-order valence-corrected chi connectivity index (χ1v) is 24.0. The number of nitrogens with zero attached hydrogens (tertiary/aromatic N) is 9. The molecule has 0 amide bonds. The monoisotopic (exact) mass is 943 g/mol. The predicted octanol–water partition coefficient (Wildman–Crippen LogP) is 15.1. The van der Waals surface area contributed by atoms with Gasteiger partial charge in [-0.2, -0.15) is 15.8 Å². The zero-order valence-electron chi connectivity index (χ0n) is 39.4. The second kappa shape index (κ2) is 17.9. The minimum absolute atomic E-state index is 0.362. The molecule has 342 valence electrons. The summed E-state index contributed by atoms with van der Waals surface area (Å²) in [5.74, 6) is 1.38. The molecule has 0 radical (unpaired) electrons. The molecule has 9 heteroatoms. The Hall–Kier alpha value is -10.8. The zero-order valence-corrected chi connectivity index (χ0v) is 39.4. The average molecular weight is 944 g/mol. The molecule has 74 heavy (non-hydrogen) atoms. The maximum absolute atomic E-state index is 11.6. The van der Waals surface area contributed by atoms with Crippen LogP contribution >= 0.6 is 0 Å². The molecule has 0 bridgehead atoms. The third-order valence-corrected chi connectivity index (χ3v) is 13.8. The molecule has 0 fully saturated rings. The van der Waals surface area contributed by atoms with E-state index in [1.54, 1.807) is 0 Å². The van der Waals surface area contributed by atoms with Crippen LogP contribution in [0.4, 0.5) is 0 Å². The van der Waals surface area contributed by atoms with Crippen molar-refractivity contribution in [2.24, 2.45) is 0 Å². The lowest BCUT2D eigenvalue weighted by Crippen LogP contribution is -2.05. The van der Waals surface area contributed by atoms with Gasteiger partial charge >= 0.3 is 0 Å². The summed E-state index contributed by atoms with van der Waals surface area (Å²) in [4.78, 5) is 20.4. The van der Waals surface area contributed by atoms with E-state index >= 15 is 0 Å². The van der Waals surface area contributed by atoms with Crippen LogP contribution in [0, 0.1) is 34.0 Å². The number of benzene rings is 9. The van der Waals surface area contributed by atoms with E-state index in [4.69, 9.17) is 19.9 Å². The summed E-state index contributed by atoms with van der Waals surface area (Å²) in [6.45, 7) is 0. The molecule has 0 saturated heterocycles. The summed E-state index contributed by atoms with van der Waals surface area (Å²) >= 11 is 0.